The highest BCUT2D eigenvalue weighted by molar-refractivity contribution is 7.89. The van der Waals surface area contributed by atoms with Crippen LogP contribution in [0.4, 0.5) is 8.78 Å². The van der Waals surface area contributed by atoms with Gasteiger partial charge in [-0.3, -0.25) is 4.79 Å². The number of rotatable bonds is 5. The number of halogens is 2. The van der Waals surface area contributed by atoms with Gasteiger partial charge in [-0.05, 0) is 50.1 Å². The molecule has 1 aliphatic rings. The van der Waals surface area contributed by atoms with Gasteiger partial charge in [0.15, 0.2) is 0 Å². The summed E-state index contributed by atoms with van der Waals surface area (Å²) in [7, 11) is -3.59. The van der Waals surface area contributed by atoms with E-state index < -0.39 is 33.6 Å². The minimum absolute atomic E-state index is 0.147. The molecule has 1 unspecified atom stereocenters. The summed E-state index contributed by atoms with van der Waals surface area (Å²) in [6, 6.07) is 8.21. The molecule has 1 saturated heterocycles. The average Bonchev–Trinajstić information content (AvgIpc) is 2.98. The molecule has 1 amide bonds. The molecule has 0 spiro atoms. The molecular weight excluding hydrogens is 398 g/mol. The maximum atomic E-state index is 13.9. The highest BCUT2D eigenvalue weighted by Gasteiger charge is 2.25. The zero-order valence-electron chi connectivity index (χ0n) is 16.2. The van der Waals surface area contributed by atoms with Crippen molar-refractivity contribution < 1.29 is 22.0 Å². The van der Waals surface area contributed by atoms with Crippen molar-refractivity contribution in [2.45, 2.75) is 43.5 Å². The summed E-state index contributed by atoms with van der Waals surface area (Å²) < 4.78 is 54.0. The Balaban J connectivity index is 1.71. The summed E-state index contributed by atoms with van der Waals surface area (Å²) >= 11 is 0. The molecule has 1 aliphatic heterocycles. The van der Waals surface area contributed by atoms with Crippen molar-refractivity contribution >= 4 is 15.9 Å². The molecule has 0 aliphatic carbocycles. The van der Waals surface area contributed by atoms with Crippen LogP contribution < -0.4 is 5.32 Å². The van der Waals surface area contributed by atoms with Crippen molar-refractivity contribution in [3.05, 3.63) is 65.2 Å². The number of sulfonamides is 1. The Bertz CT molecular complexity index is 970. The number of benzene rings is 2. The molecule has 0 bridgehead atoms. The maximum Gasteiger partial charge on any atom is 0.251 e. The van der Waals surface area contributed by atoms with Crippen molar-refractivity contribution in [1.29, 1.82) is 0 Å². The van der Waals surface area contributed by atoms with Gasteiger partial charge in [0.2, 0.25) is 10.0 Å². The van der Waals surface area contributed by atoms with Crippen LogP contribution in [0.2, 0.25) is 0 Å². The van der Waals surface area contributed by atoms with Gasteiger partial charge in [-0.1, -0.05) is 18.9 Å². The molecule has 1 heterocycles. The maximum absolute atomic E-state index is 13.9. The lowest BCUT2D eigenvalue weighted by molar-refractivity contribution is 0.0939. The van der Waals surface area contributed by atoms with Gasteiger partial charge in [-0.2, -0.15) is 4.31 Å². The molecular formula is C21H24F2N2O3S. The van der Waals surface area contributed by atoms with E-state index in [1.54, 1.807) is 6.92 Å². The third-order valence-electron chi connectivity index (χ3n) is 5.10. The van der Waals surface area contributed by atoms with Crippen LogP contribution in [0, 0.1) is 11.6 Å². The molecule has 1 atom stereocenters. The predicted molar refractivity (Wildman–Crippen MR) is 106 cm³/mol. The highest BCUT2D eigenvalue weighted by atomic mass is 32.2. The van der Waals surface area contributed by atoms with Crippen LogP contribution in [0.5, 0.6) is 0 Å². The number of nitrogens with one attached hydrogen (secondary N) is 1. The highest BCUT2D eigenvalue weighted by Crippen LogP contribution is 2.22. The predicted octanol–water partition coefficient (Wildman–Crippen LogP) is 4.02. The van der Waals surface area contributed by atoms with E-state index in [2.05, 4.69) is 5.32 Å². The van der Waals surface area contributed by atoms with Crippen LogP contribution in [0.15, 0.2) is 47.4 Å². The molecule has 2 aromatic rings. The summed E-state index contributed by atoms with van der Waals surface area (Å²) in [6.45, 7) is 2.60. The molecule has 3 rings (SSSR count). The fraction of sp³-hybridized carbons (Fsp3) is 0.381. The molecule has 0 aromatic heterocycles. The van der Waals surface area contributed by atoms with Gasteiger partial charge in [0.25, 0.3) is 5.91 Å². The lowest BCUT2D eigenvalue weighted by atomic mass is 10.1. The first-order chi connectivity index (χ1) is 13.8. The van der Waals surface area contributed by atoms with Crippen molar-refractivity contribution in [3.8, 4) is 0 Å². The smallest absolute Gasteiger partial charge is 0.251 e. The number of hydrogen-bond donors (Lipinski definition) is 1. The summed E-state index contributed by atoms with van der Waals surface area (Å²) in [5.74, 6) is -1.90. The standard InChI is InChI=1S/C21H24F2N2O3S/c1-15(19-11-8-17(22)14-20(19)23)24-21(26)16-6-9-18(10-7-16)29(27,28)25-12-4-2-3-5-13-25/h6-11,14-15H,2-5,12-13H2,1H3,(H,24,26). The summed E-state index contributed by atoms with van der Waals surface area (Å²) in [6.07, 6.45) is 3.74. The second-order valence-electron chi connectivity index (χ2n) is 7.20. The number of hydrogen-bond acceptors (Lipinski definition) is 3. The first-order valence-corrected chi connectivity index (χ1v) is 11.1. The van der Waals surface area contributed by atoms with Crippen LogP contribution in [0.3, 0.4) is 0 Å². The van der Waals surface area contributed by atoms with E-state index in [9.17, 15) is 22.0 Å². The van der Waals surface area contributed by atoms with E-state index >= 15 is 0 Å². The largest absolute Gasteiger partial charge is 0.345 e. The Morgan fingerprint density at radius 2 is 1.62 bits per heavy atom. The second-order valence-corrected chi connectivity index (χ2v) is 9.14. The van der Waals surface area contributed by atoms with Crippen molar-refractivity contribution in [1.82, 2.24) is 9.62 Å². The number of carbonyl (C=O) groups excluding carboxylic acids is 1. The Hall–Kier alpha value is -2.32. The minimum Gasteiger partial charge on any atom is -0.345 e. The molecule has 2 aromatic carbocycles. The molecule has 0 radical (unpaired) electrons. The first-order valence-electron chi connectivity index (χ1n) is 9.65. The van der Waals surface area contributed by atoms with E-state index in [1.807, 2.05) is 0 Å². The zero-order chi connectivity index (χ0) is 21.0. The fourth-order valence-electron chi connectivity index (χ4n) is 3.42. The van der Waals surface area contributed by atoms with Gasteiger partial charge in [0.1, 0.15) is 11.6 Å². The van der Waals surface area contributed by atoms with Crippen molar-refractivity contribution in [3.63, 3.8) is 0 Å². The van der Waals surface area contributed by atoms with Crippen LogP contribution in [0.1, 0.15) is 54.6 Å². The Morgan fingerprint density at radius 3 is 2.21 bits per heavy atom. The molecule has 5 nitrogen and oxygen atoms in total. The topological polar surface area (TPSA) is 66.5 Å². The van der Waals surface area contributed by atoms with Crippen LogP contribution in [0.25, 0.3) is 0 Å². The van der Waals surface area contributed by atoms with Gasteiger partial charge < -0.3 is 5.32 Å². The van der Waals surface area contributed by atoms with Crippen LogP contribution >= 0.6 is 0 Å². The first kappa shape index (κ1) is 21.4. The molecule has 156 valence electrons. The second kappa shape index (κ2) is 9.00. The van der Waals surface area contributed by atoms with E-state index in [0.29, 0.717) is 13.1 Å². The molecule has 8 heteroatoms. The summed E-state index contributed by atoms with van der Waals surface area (Å²) in [5, 5.41) is 2.64. The SMILES string of the molecule is CC(NC(=O)c1ccc(S(=O)(=O)N2CCCCCC2)cc1)c1ccc(F)cc1F. The number of carbonyl (C=O) groups is 1. The van der Waals surface area contributed by atoms with Gasteiger partial charge >= 0.3 is 0 Å². The van der Waals surface area contributed by atoms with Gasteiger partial charge in [0.05, 0.1) is 10.9 Å². The molecule has 29 heavy (non-hydrogen) atoms. The third-order valence-corrected chi connectivity index (χ3v) is 7.01. The number of nitrogens with zero attached hydrogens (tertiary/aromatic N) is 1. The summed E-state index contributed by atoms with van der Waals surface area (Å²) in [5.41, 5.74) is 0.425. The van der Waals surface area contributed by atoms with Crippen LogP contribution in [-0.2, 0) is 10.0 Å². The van der Waals surface area contributed by atoms with Gasteiger partial charge in [-0.15, -0.1) is 0 Å². The minimum atomic E-state index is -3.59. The lowest BCUT2D eigenvalue weighted by Gasteiger charge is -2.20. The molecule has 0 saturated carbocycles. The fourth-order valence-corrected chi connectivity index (χ4v) is 4.94. The van der Waals surface area contributed by atoms with Gasteiger partial charge in [0, 0.05) is 30.3 Å². The van der Waals surface area contributed by atoms with Gasteiger partial charge in [-0.25, -0.2) is 17.2 Å². The van der Waals surface area contributed by atoms with E-state index in [-0.39, 0.29) is 16.0 Å². The van der Waals surface area contributed by atoms with E-state index in [1.165, 1.54) is 34.6 Å². The van der Waals surface area contributed by atoms with Crippen LogP contribution in [-0.4, -0.2) is 31.7 Å². The quantitative estimate of drug-likeness (QED) is 0.792. The Labute approximate surface area is 169 Å². The van der Waals surface area contributed by atoms with E-state index in [0.717, 1.165) is 37.8 Å². The monoisotopic (exact) mass is 422 g/mol. The zero-order valence-corrected chi connectivity index (χ0v) is 17.0. The molecule has 1 fully saturated rings. The van der Waals surface area contributed by atoms with Crippen molar-refractivity contribution in [2.75, 3.05) is 13.1 Å². The van der Waals surface area contributed by atoms with E-state index in [4.69, 9.17) is 0 Å². The molecule has 1 N–H and O–H groups in total. The average molecular weight is 422 g/mol. The normalized spacial score (nSPS) is 16.8. The third kappa shape index (κ3) is 5.00. The summed E-state index contributed by atoms with van der Waals surface area (Å²) in [4.78, 5) is 12.6. The van der Waals surface area contributed by atoms with Crippen molar-refractivity contribution in [2.24, 2.45) is 0 Å². The Morgan fingerprint density at radius 1 is 1.00 bits per heavy atom. The Kier molecular flexibility index (Phi) is 6.64. The number of amides is 1. The lowest BCUT2D eigenvalue weighted by Crippen LogP contribution is -2.32.